The van der Waals surface area contributed by atoms with Crippen LogP contribution in [0.3, 0.4) is 0 Å². The second-order valence-electron chi connectivity index (χ2n) is 8.58. The second-order valence-corrected chi connectivity index (χ2v) is 8.58. The van der Waals surface area contributed by atoms with Crippen LogP contribution in [0.2, 0.25) is 0 Å². The maximum absolute atomic E-state index is 13.7. The molecule has 1 N–H and O–H groups in total. The van der Waals surface area contributed by atoms with Crippen LogP contribution in [0.5, 0.6) is 0 Å². The molecule has 5 nitrogen and oxygen atoms in total. The lowest BCUT2D eigenvalue weighted by atomic mass is 9.85. The molecule has 8 heteroatoms. The lowest BCUT2D eigenvalue weighted by Gasteiger charge is -2.35. The van der Waals surface area contributed by atoms with Gasteiger partial charge in [-0.25, -0.2) is 18.0 Å². The lowest BCUT2D eigenvalue weighted by molar-refractivity contribution is -0.120. The number of rotatable bonds is 5. The van der Waals surface area contributed by atoms with Gasteiger partial charge in [0, 0.05) is 25.2 Å². The van der Waals surface area contributed by atoms with Gasteiger partial charge in [0.2, 0.25) is 5.91 Å². The van der Waals surface area contributed by atoms with Crippen LogP contribution in [0.1, 0.15) is 46.1 Å². The van der Waals surface area contributed by atoms with Crippen molar-refractivity contribution >= 4 is 12.0 Å². The molecule has 0 bridgehead atoms. The molecule has 0 radical (unpaired) electrons. The minimum Gasteiger partial charge on any atom is -0.444 e. The van der Waals surface area contributed by atoms with Crippen molar-refractivity contribution < 1.29 is 27.5 Å². The van der Waals surface area contributed by atoms with Gasteiger partial charge < -0.3 is 15.0 Å². The van der Waals surface area contributed by atoms with Gasteiger partial charge in [0.05, 0.1) is 6.42 Å². The molecule has 0 spiro atoms. The van der Waals surface area contributed by atoms with E-state index in [1.807, 2.05) is 27.7 Å². The first-order valence-corrected chi connectivity index (χ1v) is 9.85. The Morgan fingerprint density at radius 2 is 1.76 bits per heavy atom. The number of nitrogens with one attached hydrogen (secondary N) is 1. The smallest absolute Gasteiger partial charge is 0.410 e. The van der Waals surface area contributed by atoms with Crippen molar-refractivity contribution in [3.05, 3.63) is 35.1 Å². The Bertz CT molecular complexity index is 741. The summed E-state index contributed by atoms with van der Waals surface area (Å²) in [6.45, 7) is 8.96. The Kier molecular flexibility index (Phi) is 7.54. The van der Waals surface area contributed by atoms with Crippen LogP contribution in [0.4, 0.5) is 18.0 Å². The normalized spacial score (nSPS) is 16.4. The summed E-state index contributed by atoms with van der Waals surface area (Å²) in [6, 6.07) is 1.50. The van der Waals surface area contributed by atoms with Crippen LogP contribution >= 0.6 is 0 Å². The average molecular weight is 414 g/mol. The van der Waals surface area contributed by atoms with E-state index in [1.54, 1.807) is 4.90 Å². The van der Waals surface area contributed by atoms with Crippen molar-refractivity contribution in [3.8, 4) is 0 Å². The van der Waals surface area contributed by atoms with Gasteiger partial charge >= 0.3 is 6.09 Å². The van der Waals surface area contributed by atoms with E-state index in [2.05, 4.69) is 5.32 Å². The molecule has 2 amide bonds. The number of nitrogens with zero attached hydrogens (tertiary/aromatic N) is 1. The van der Waals surface area contributed by atoms with Crippen LogP contribution in [0.25, 0.3) is 0 Å². The van der Waals surface area contributed by atoms with E-state index < -0.39 is 40.9 Å². The molecule has 0 aromatic heterocycles. The number of ether oxygens (including phenoxy) is 1. The Hall–Kier alpha value is -2.25. The van der Waals surface area contributed by atoms with Gasteiger partial charge in [-0.15, -0.1) is 0 Å². The standard InChI is InChI=1S/C21H29F3N2O3/c1-13(14-7-9-26(10-8-14)20(28)29-21(2,3)4)12-25-18(27)11-15-16(22)5-6-17(23)19(15)24/h5-6,13-14H,7-12H2,1-4H3,(H,25,27). The van der Waals surface area contributed by atoms with Crippen molar-refractivity contribution in [2.45, 2.75) is 52.6 Å². The largest absolute Gasteiger partial charge is 0.444 e. The molecule has 1 heterocycles. The molecule has 0 aliphatic carbocycles. The van der Waals surface area contributed by atoms with E-state index in [0.717, 1.165) is 18.9 Å². The number of hydrogen-bond donors (Lipinski definition) is 1. The Morgan fingerprint density at radius 3 is 2.34 bits per heavy atom. The first-order chi connectivity index (χ1) is 13.5. The Morgan fingerprint density at radius 1 is 1.17 bits per heavy atom. The van der Waals surface area contributed by atoms with Gasteiger partial charge in [0.15, 0.2) is 11.6 Å². The second kappa shape index (κ2) is 9.50. The molecule has 2 rings (SSSR count). The fourth-order valence-corrected chi connectivity index (χ4v) is 3.37. The highest BCUT2D eigenvalue weighted by atomic mass is 19.2. The summed E-state index contributed by atoms with van der Waals surface area (Å²) < 4.78 is 45.9. The van der Waals surface area contributed by atoms with Gasteiger partial charge in [-0.3, -0.25) is 4.79 Å². The Balaban J connectivity index is 1.79. The van der Waals surface area contributed by atoms with Crippen molar-refractivity contribution in [1.82, 2.24) is 10.2 Å². The van der Waals surface area contributed by atoms with Gasteiger partial charge in [0.25, 0.3) is 0 Å². The van der Waals surface area contributed by atoms with Crippen molar-refractivity contribution in [2.75, 3.05) is 19.6 Å². The minimum absolute atomic E-state index is 0.127. The quantitative estimate of drug-likeness (QED) is 0.740. The number of carbonyl (C=O) groups excluding carboxylic acids is 2. The van der Waals surface area contributed by atoms with Crippen LogP contribution < -0.4 is 5.32 Å². The fourth-order valence-electron chi connectivity index (χ4n) is 3.37. The summed E-state index contributed by atoms with van der Waals surface area (Å²) in [5.41, 5.74) is -1.10. The molecule has 1 fully saturated rings. The number of halogens is 3. The molecular formula is C21H29F3N2O3. The zero-order valence-corrected chi connectivity index (χ0v) is 17.4. The number of amides is 2. The van der Waals surface area contributed by atoms with Crippen LogP contribution in [0.15, 0.2) is 12.1 Å². The van der Waals surface area contributed by atoms with E-state index in [-0.39, 0.29) is 12.0 Å². The molecule has 162 valence electrons. The summed E-state index contributed by atoms with van der Waals surface area (Å²) >= 11 is 0. The van der Waals surface area contributed by atoms with Crippen LogP contribution in [-0.4, -0.2) is 42.1 Å². The number of hydrogen-bond acceptors (Lipinski definition) is 3. The molecule has 1 aliphatic rings. The number of benzene rings is 1. The van der Waals surface area contributed by atoms with Crippen molar-refractivity contribution in [1.29, 1.82) is 0 Å². The third-order valence-corrected chi connectivity index (χ3v) is 5.09. The van der Waals surface area contributed by atoms with E-state index in [4.69, 9.17) is 4.74 Å². The summed E-state index contributed by atoms with van der Waals surface area (Å²) in [7, 11) is 0. The van der Waals surface area contributed by atoms with E-state index in [9.17, 15) is 22.8 Å². The third-order valence-electron chi connectivity index (χ3n) is 5.09. The molecule has 1 aliphatic heterocycles. The first kappa shape index (κ1) is 23.0. The molecule has 1 unspecified atom stereocenters. The van der Waals surface area contributed by atoms with E-state index in [1.165, 1.54) is 0 Å². The predicted molar refractivity (Wildman–Crippen MR) is 103 cm³/mol. The first-order valence-electron chi connectivity index (χ1n) is 9.85. The summed E-state index contributed by atoms with van der Waals surface area (Å²) in [4.78, 5) is 25.9. The number of carbonyl (C=O) groups is 2. The SMILES string of the molecule is CC(CNC(=O)Cc1c(F)ccc(F)c1F)C1CCN(C(=O)OC(C)(C)C)CC1. The van der Waals surface area contributed by atoms with Crippen molar-refractivity contribution in [2.24, 2.45) is 11.8 Å². The van der Waals surface area contributed by atoms with Crippen LogP contribution in [-0.2, 0) is 16.0 Å². The molecule has 1 aromatic carbocycles. The highest BCUT2D eigenvalue weighted by molar-refractivity contribution is 5.78. The summed E-state index contributed by atoms with van der Waals surface area (Å²) in [5.74, 6) is -3.59. The number of likely N-dealkylation sites (tertiary alicyclic amines) is 1. The minimum atomic E-state index is -1.33. The van der Waals surface area contributed by atoms with Gasteiger partial charge in [-0.05, 0) is 57.6 Å². The lowest BCUT2D eigenvalue weighted by Crippen LogP contribution is -2.43. The highest BCUT2D eigenvalue weighted by Gasteiger charge is 2.29. The molecular weight excluding hydrogens is 385 g/mol. The van der Waals surface area contributed by atoms with Crippen LogP contribution in [0, 0.1) is 29.3 Å². The summed E-state index contributed by atoms with van der Waals surface area (Å²) in [6.07, 6.45) is 0.683. The predicted octanol–water partition coefficient (Wildman–Crippen LogP) is 4.05. The molecule has 0 saturated carbocycles. The van der Waals surface area contributed by atoms with Gasteiger partial charge in [-0.1, -0.05) is 6.92 Å². The van der Waals surface area contributed by atoms with Gasteiger partial charge in [-0.2, -0.15) is 0 Å². The topological polar surface area (TPSA) is 58.6 Å². The molecule has 1 atom stereocenters. The molecule has 29 heavy (non-hydrogen) atoms. The third kappa shape index (κ3) is 6.65. The number of piperidine rings is 1. The zero-order valence-electron chi connectivity index (χ0n) is 17.4. The van der Waals surface area contributed by atoms with Crippen molar-refractivity contribution in [3.63, 3.8) is 0 Å². The zero-order chi connectivity index (χ0) is 21.8. The van der Waals surface area contributed by atoms with Gasteiger partial charge in [0.1, 0.15) is 11.4 Å². The Labute approximate surface area is 169 Å². The maximum Gasteiger partial charge on any atom is 0.410 e. The molecule has 1 saturated heterocycles. The highest BCUT2D eigenvalue weighted by Crippen LogP contribution is 2.26. The van der Waals surface area contributed by atoms with E-state index in [0.29, 0.717) is 31.6 Å². The summed E-state index contributed by atoms with van der Waals surface area (Å²) in [5, 5.41) is 2.67. The molecule has 1 aromatic rings. The van der Waals surface area contributed by atoms with E-state index >= 15 is 0 Å². The fraction of sp³-hybridized carbons (Fsp3) is 0.619. The maximum atomic E-state index is 13.7. The average Bonchev–Trinajstić information content (AvgIpc) is 2.65. The monoisotopic (exact) mass is 414 g/mol.